The van der Waals surface area contributed by atoms with Gasteiger partial charge in [-0.3, -0.25) is 4.90 Å². The summed E-state index contributed by atoms with van der Waals surface area (Å²) in [4.78, 5) is 24.5. The Morgan fingerprint density at radius 1 is 0.921 bits per heavy atom. The van der Waals surface area contributed by atoms with Crippen molar-refractivity contribution in [2.45, 2.75) is 140 Å². The predicted octanol–water partition coefficient (Wildman–Crippen LogP) is 10.2. The number of fused-ring (bicyclic) bond motifs is 2. The summed E-state index contributed by atoms with van der Waals surface area (Å²) in [6.07, 6.45) is 20.9. The van der Waals surface area contributed by atoms with Gasteiger partial charge in [0.1, 0.15) is 30.8 Å². The van der Waals surface area contributed by atoms with E-state index in [-0.39, 0.29) is 43.5 Å². The smallest absolute Gasteiger partial charge is 0.409 e. The zero-order valence-electron chi connectivity index (χ0n) is 38.4. The van der Waals surface area contributed by atoms with Gasteiger partial charge in [0.2, 0.25) is 5.79 Å². The third-order valence-corrected chi connectivity index (χ3v) is 13.6. The fraction of sp³-hybridized carbons (Fsp3) is 0.654. The Balaban J connectivity index is 1.35. The van der Waals surface area contributed by atoms with E-state index in [1.807, 2.05) is 42.5 Å². The zero-order chi connectivity index (χ0) is 44.3. The van der Waals surface area contributed by atoms with Crippen LogP contribution in [0.4, 0.5) is 4.79 Å². The van der Waals surface area contributed by atoms with E-state index in [9.17, 15) is 15.0 Å². The first-order valence-corrected chi connectivity index (χ1v) is 24.4. The lowest BCUT2D eigenvalue weighted by Gasteiger charge is -2.59. The maximum absolute atomic E-state index is 14.2. The molecule has 63 heavy (non-hydrogen) atoms. The van der Waals surface area contributed by atoms with Crippen molar-refractivity contribution >= 4 is 11.8 Å². The number of aliphatic hydroxyl groups is 2. The quantitative estimate of drug-likeness (QED) is 0.0342. The Labute approximate surface area is 377 Å². The second-order valence-electron chi connectivity index (χ2n) is 18.1. The third-order valence-electron chi connectivity index (χ3n) is 13.6. The summed E-state index contributed by atoms with van der Waals surface area (Å²) in [5.74, 6) is -0.0638. The topological polar surface area (TPSA) is 122 Å². The number of carbonyl (C=O) groups excluding carboxylic acids is 1. The molecule has 4 aliphatic rings. The molecular weight excluding hydrogens is 795 g/mol. The number of rotatable bonds is 30. The maximum atomic E-state index is 14.2. The van der Waals surface area contributed by atoms with Gasteiger partial charge in [0.25, 0.3) is 0 Å². The van der Waals surface area contributed by atoms with Crippen molar-refractivity contribution in [2.24, 2.45) is 22.9 Å². The number of carbonyl (C=O) groups is 1. The average molecular weight is 872 g/mol. The van der Waals surface area contributed by atoms with Gasteiger partial charge in [-0.1, -0.05) is 125 Å². The molecule has 1 saturated heterocycles. The number of benzene rings is 2. The van der Waals surface area contributed by atoms with Crippen molar-refractivity contribution in [1.29, 1.82) is 0 Å². The van der Waals surface area contributed by atoms with Gasteiger partial charge in [0.05, 0.1) is 24.8 Å². The Kier molecular flexibility index (Phi) is 19.7. The first-order chi connectivity index (χ1) is 30.9. The first kappa shape index (κ1) is 48.6. The van der Waals surface area contributed by atoms with Gasteiger partial charge >= 0.3 is 6.09 Å². The summed E-state index contributed by atoms with van der Waals surface area (Å²) >= 11 is 0. The molecule has 2 aliphatic carbocycles. The highest BCUT2D eigenvalue weighted by Gasteiger charge is 2.65. The van der Waals surface area contributed by atoms with Gasteiger partial charge in [0, 0.05) is 57.8 Å². The van der Waals surface area contributed by atoms with Crippen molar-refractivity contribution in [3.8, 4) is 11.5 Å². The minimum absolute atomic E-state index is 0.120. The summed E-state index contributed by atoms with van der Waals surface area (Å²) in [5.41, 5.74) is 3.82. The zero-order valence-corrected chi connectivity index (χ0v) is 38.4. The molecule has 6 rings (SSSR count). The van der Waals surface area contributed by atoms with Crippen LogP contribution in [-0.4, -0.2) is 103 Å². The molecule has 2 N–H and O–H groups in total. The maximum Gasteiger partial charge on any atom is 0.409 e. The van der Waals surface area contributed by atoms with E-state index in [1.54, 1.807) is 18.0 Å². The number of hydrogen-bond donors (Lipinski definition) is 2. The molecule has 0 radical (unpaired) electrons. The summed E-state index contributed by atoms with van der Waals surface area (Å²) in [6, 6.07) is 15.5. The van der Waals surface area contributed by atoms with Crippen LogP contribution in [0.15, 0.2) is 78.0 Å². The summed E-state index contributed by atoms with van der Waals surface area (Å²) in [6.45, 7) is 11.1. The number of likely N-dealkylation sites (N-methyl/N-ethyl adjacent to an activating group) is 1. The number of oxime groups is 1. The first-order valence-electron chi connectivity index (χ1n) is 24.4. The van der Waals surface area contributed by atoms with E-state index in [0.29, 0.717) is 44.8 Å². The molecule has 2 aromatic carbocycles. The van der Waals surface area contributed by atoms with Crippen molar-refractivity contribution in [3.63, 3.8) is 0 Å². The molecule has 348 valence electrons. The van der Waals surface area contributed by atoms with E-state index in [2.05, 4.69) is 30.5 Å². The molecule has 1 amide bonds. The molecule has 11 heteroatoms. The van der Waals surface area contributed by atoms with Crippen LogP contribution in [0.5, 0.6) is 11.5 Å². The molecule has 0 unspecified atom stereocenters. The summed E-state index contributed by atoms with van der Waals surface area (Å²) < 4.78 is 26.8. The fourth-order valence-corrected chi connectivity index (χ4v) is 10.1. The van der Waals surface area contributed by atoms with Crippen LogP contribution >= 0.6 is 0 Å². The van der Waals surface area contributed by atoms with E-state index in [0.717, 1.165) is 92.7 Å². The average Bonchev–Trinajstić information content (AvgIpc) is 4.13. The molecule has 2 aromatic rings. The SMILES string of the molecule is C=CCO[C@@]12Oc3ccc(OCCN4CC4)cc3[C@H]3[C@H](CCCCO)[C@@H](CCCCO)C=C(C(=NOCc4ccccc4)C[C@@H]1N(C)C(=O)OCCCCCCCCCCCC)[C@H]32. The molecule has 0 aromatic heterocycles. The van der Waals surface area contributed by atoms with Gasteiger partial charge in [-0.25, -0.2) is 4.79 Å². The number of hydrogen-bond acceptors (Lipinski definition) is 10. The second kappa shape index (κ2) is 25.6. The van der Waals surface area contributed by atoms with Crippen LogP contribution < -0.4 is 9.47 Å². The van der Waals surface area contributed by atoms with Crippen LogP contribution in [-0.2, 0) is 20.9 Å². The minimum Gasteiger partial charge on any atom is -0.492 e. The van der Waals surface area contributed by atoms with Crippen molar-refractivity contribution in [3.05, 3.63) is 84.0 Å². The Morgan fingerprint density at radius 2 is 1.63 bits per heavy atom. The molecule has 2 aliphatic heterocycles. The van der Waals surface area contributed by atoms with Crippen LogP contribution in [0.25, 0.3) is 0 Å². The number of amides is 1. The lowest BCUT2D eigenvalue weighted by molar-refractivity contribution is -0.253. The molecule has 6 atom stereocenters. The highest BCUT2D eigenvalue weighted by Crippen LogP contribution is 2.61. The Morgan fingerprint density at radius 3 is 2.33 bits per heavy atom. The van der Waals surface area contributed by atoms with E-state index >= 15 is 0 Å². The van der Waals surface area contributed by atoms with Crippen molar-refractivity contribution in [2.75, 3.05) is 59.7 Å². The number of ether oxygens (including phenoxy) is 4. The van der Waals surface area contributed by atoms with Crippen LogP contribution in [0, 0.1) is 17.8 Å². The standard InChI is InChI=1S/C52H77N3O8/c1-4-6-7-8-9-10-11-12-13-21-34-60-51(58)54(3)48-38-46(53-62-39-40-22-15-14-16-23-40)44-36-41(24-17-19-31-56)43(25-18-20-32-57)49-45-37-42(59-35-30-55-28-29-55)26-27-47(45)63-52(48,50(44)49)61-33-5-2/h5,14-16,22-23,26-27,36-37,41,43,48-50,56-57H,2,4,6-13,17-21,24-25,28-35,38-39H2,1,3H3/t41-,43+,48-,49+,50+,52+/m0/s1. The third kappa shape index (κ3) is 13.3. The summed E-state index contributed by atoms with van der Waals surface area (Å²) in [5, 5.41) is 24.8. The predicted molar refractivity (Wildman–Crippen MR) is 249 cm³/mol. The second-order valence-corrected chi connectivity index (χ2v) is 18.1. The number of nitrogens with zero attached hydrogens (tertiary/aromatic N) is 3. The van der Waals surface area contributed by atoms with Gasteiger partial charge in [-0.05, 0) is 73.3 Å². The molecule has 2 heterocycles. The van der Waals surface area contributed by atoms with Crippen LogP contribution in [0.1, 0.15) is 133 Å². The number of allylic oxidation sites excluding steroid dienone is 1. The largest absolute Gasteiger partial charge is 0.492 e. The van der Waals surface area contributed by atoms with Gasteiger partial charge in [-0.15, -0.1) is 6.58 Å². The highest BCUT2D eigenvalue weighted by atomic mass is 16.7. The summed E-state index contributed by atoms with van der Waals surface area (Å²) in [7, 11) is 1.79. The van der Waals surface area contributed by atoms with Gasteiger partial charge in [0.15, 0.2) is 0 Å². The molecular formula is C52H77N3O8. The van der Waals surface area contributed by atoms with E-state index in [4.69, 9.17) is 28.9 Å². The Hall–Kier alpha value is -3.90. The molecule has 0 bridgehead atoms. The monoisotopic (exact) mass is 872 g/mol. The van der Waals surface area contributed by atoms with Crippen molar-refractivity contribution < 1.29 is 38.8 Å². The lowest BCUT2D eigenvalue weighted by Crippen LogP contribution is -2.69. The lowest BCUT2D eigenvalue weighted by atomic mass is 9.55. The van der Waals surface area contributed by atoms with Gasteiger partial charge < -0.3 is 38.9 Å². The molecule has 2 fully saturated rings. The normalized spacial score (nSPS) is 24.2. The van der Waals surface area contributed by atoms with Crippen LogP contribution in [0.2, 0.25) is 0 Å². The number of unbranched alkanes of at least 4 members (excludes halogenated alkanes) is 11. The minimum atomic E-state index is -1.33. The van der Waals surface area contributed by atoms with Crippen molar-refractivity contribution in [1.82, 2.24) is 9.80 Å². The van der Waals surface area contributed by atoms with E-state index < -0.39 is 17.9 Å². The van der Waals surface area contributed by atoms with Crippen LogP contribution in [0.3, 0.4) is 0 Å². The molecule has 11 nitrogen and oxygen atoms in total. The molecule has 0 spiro atoms. The van der Waals surface area contributed by atoms with Gasteiger partial charge in [-0.2, -0.15) is 0 Å². The Bertz CT molecular complexity index is 1750. The van der Waals surface area contributed by atoms with E-state index in [1.165, 1.54) is 44.9 Å². The number of aliphatic hydroxyl groups excluding tert-OH is 2. The molecule has 1 saturated carbocycles. The fourth-order valence-electron chi connectivity index (χ4n) is 10.1. The highest BCUT2D eigenvalue weighted by molar-refractivity contribution is 6.02.